The average molecular weight is 348 g/mol. The maximum atomic E-state index is 13.7. The van der Waals surface area contributed by atoms with E-state index in [9.17, 15) is 25.2 Å². The van der Waals surface area contributed by atoms with Gasteiger partial charge in [-0.3, -0.25) is 4.79 Å². The van der Waals surface area contributed by atoms with Crippen molar-refractivity contribution in [1.29, 1.82) is 0 Å². The van der Waals surface area contributed by atoms with Crippen LogP contribution >= 0.6 is 0 Å². The molecule has 0 radical (unpaired) electrons. The molecule has 0 aromatic heterocycles. The van der Waals surface area contributed by atoms with Crippen LogP contribution in [0.4, 0.5) is 0 Å². The molecule has 0 aliphatic heterocycles. The van der Waals surface area contributed by atoms with Crippen LogP contribution in [-0.4, -0.2) is 50.6 Å². The van der Waals surface area contributed by atoms with Gasteiger partial charge in [0.05, 0.1) is 12.0 Å². The molecular formula is C20H28O5. The Morgan fingerprint density at radius 1 is 1.24 bits per heavy atom. The number of aliphatic hydroxyl groups is 4. The Morgan fingerprint density at radius 2 is 1.88 bits per heavy atom. The van der Waals surface area contributed by atoms with E-state index >= 15 is 0 Å². The summed E-state index contributed by atoms with van der Waals surface area (Å²) in [5, 5.41) is 43.0. The van der Waals surface area contributed by atoms with Crippen molar-refractivity contribution in [2.24, 2.45) is 34.5 Å². The summed E-state index contributed by atoms with van der Waals surface area (Å²) in [5.41, 5.74) is -2.58. The van der Waals surface area contributed by atoms with Gasteiger partial charge in [-0.15, -0.1) is 0 Å². The minimum Gasteiger partial charge on any atom is -0.392 e. The van der Waals surface area contributed by atoms with E-state index in [1.807, 2.05) is 6.92 Å². The molecule has 4 N–H and O–H groups in total. The standard InChI is InChI=1S/C20H28O5/c1-9-7-19-10(2)5-13-14(18(13,3)4)12(17(19)24)6-11(8-21)16(23)20(19,25)15(9)22/h6-7,10,12-16,21-23,25H,5,8H2,1-4H3/t10-,12+,13-,14+,15?,16?,19?,20-/m1/s1. The van der Waals surface area contributed by atoms with E-state index in [1.165, 1.54) is 0 Å². The van der Waals surface area contributed by atoms with Crippen LogP contribution in [0.3, 0.4) is 0 Å². The van der Waals surface area contributed by atoms with Crippen LogP contribution in [0.5, 0.6) is 0 Å². The number of Topliss-reactive ketones (excluding diaryl/α,β-unsaturated/α-hetero) is 1. The quantitative estimate of drug-likeness (QED) is 0.526. The molecule has 138 valence electrons. The molecule has 0 saturated heterocycles. The smallest absolute Gasteiger partial charge is 0.153 e. The van der Waals surface area contributed by atoms with E-state index in [2.05, 4.69) is 13.8 Å². The first-order chi connectivity index (χ1) is 11.5. The molecule has 2 fully saturated rings. The summed E-state index contributed by atoms with van der Waals surface area (Å²) in [5.74, 6) is -0.288. The van der Waals surface area contributed by atoms with Gasteiger partial charge in [-0.2, -0.15) is 0 Å². The van der Waals surface area contributed by atoms with Gasteiger partial charge < -0.3 is 20.4 Å². The zero-order valence-electron chi connectivity index (χ0n) is 15.2. The van der Waals surface area contributed by atoms with Crippen LogP contribution in [0.1, 0.15) is 34.1 Å². The number of hydrogen-bond donors (Lipinski definition) is 4. The summed E-state index contributed by atoms with van der Waals surface area (Å²) < 4.78 is 0. The summed E-state index contributed by atoms with van der Waals surface area (Å²) in [6.45, 7) is 7.50. The molecule has 5 heteroatoms. The molecule has 3 unspecified atom stereocenters. The number of aliphatic hydroxyl groups excluding tert-OH is 3. The number of ketones is 1. The fraction of sp³-hybridized carbons (Fsp3) is 0.750. The number of allylic oxidation sites excluding steroid dienone is 1. The first-order valence-corrected chi connectivity index (χ1v) is 9.18. The Morgan fingerprint density at radius 3 is 2.48 bits per heavy atom. The van der Waals surface area contributed by atoms with Crippen molar-refractivity contribution in [2.75, 3.05) is 6.61 Å². The van der Waals surface area contributed by atoms with Crippen LogP contribution in [0.25, 0.3) is 0 Å². The molecule has 4 aliphatic carbocycles. The number of hydrogen-bond acceptors (Lipinski definition) is 5. The average Bonchev–Trinajstić information content (AvgIpc) is 3.05. The SMILES string of the molecule is CC1=CC23C(=O)[C@@H](C=C(CO)C(O)[C@]2(O)C1O)[C@H]1[C@@H](C[C@H]3C)C1(C)C. The van der Waals surface area contributed by atoms with Crippen LogP contribution in [-0.2, 0) is 4.79 Å². The van der Waals surface area contributed by atoms with E-state index < -0.39 is 35.7 Å². The Labute approximate surface area is 148 Å². The van der Waals surface area contributed by atoms with E-state index in [-0.39, 0.29) is 28.6 Å². The zero-order chi connectivity index (χ0) is 18.5. The second-order valence-electron chi connectivity index (χ2n) is 9.27. The van der Waals surface area contributed by atoms with Crippen LogP contribution in [0, 0.1) is 34.5 Å². The lowest BCUT2D eigenvalue weighted by atomic mass is 9.59. The highest BCUT2D eigenvalue weighted by molar-refractivity contribution is 5.95. The molecule has 8 atom stereocenters. The molecule has 0 amide bonds. The molecule has 4 rings (SSSR count). The molecule has 0 heterocycles. The number of rotatable bonds is 1. The molecule has 25 heavy (non-hydrogen) atoms. The molecule has 0 aromatic rings. The lowest BCUT2D eigenvalue weighted by Crippen LogP contribution is -2.65. The molecule has 2 bridgehead atoms. The van der Waals surface area contributed by atoms with Gasteiger partial charge in [0.1, 0.15) is 17.8 Å². The van der Waals surface area contributed by atoms with E-state index in [0.717, 1.165) is 6.42 Å². The highest BCUT2D eigenvalue weighted by Gasteiger charge is 2.75. The summed E-state index contributed by atoms with van der Waals surface area (Å²) in [6.07, 6.45) is 1.34. The zero-order valence-corrected chi connectivity index (χ0v) is 15.2. The summed E-state index contributed by atoms with van der Waals surface area (Å²) in [4.78, 5) is 13.7. The van der Waals surface area contributed by atoms with Crippen LogP contribution in [0.15, 0.2) is 23.3 Å². The Bertz CT molecular complexity index is 707. The summed E-state index contributed by atoms with van der Waals surface area (Å²) in [6, 6.07) is 0. The third kappa shape index (κ3) is 1.71. The van der Waals surface area contributed by atoms with Crippen molar-refractivity contribution in [2.45, 2.75) is 51.9 Å². The van der Waals surface area contributed by atoms with Gasteiger partial charge in [0.2, 0.25) is 0 Å². The van der Waals surface area contributed by atoms with Gasteiger partial charge in [0.25, 0.3) is 0 Å². The molecular weight excluding hydrogens is 320 g/mol. The lowest BCUT2D eigenvalue weighted by Gasteiger charge is -2.48. The highest BCUT2D eigenvalue weighted by Crippen LogP contribution is 2.71. The fourth-order valence-corrected chi connectivity index (χ4v) is 6.43. The Balaban J connectivity index is 1.99. The van der Waals surface area contributed by atoms with E-state index in [0.29, 0.717) is 11.5 Å². The molecule has 5 nitrogen and oxygen atoms in total. The Kier molecular flexibility index (Phi) is 3.36. The second kappa shape index (κ2) is 4.83. The van der Waals surface area contributed by atoms with Gasteiger partial charge in [-0.05, 0) is 47.7 Å². The van der Waals surface area contributed by atoms with Crippen LogP contribution < -0.4 is 0 Å². The third-order valence-corrected chi connectivity index (χ3v) is 7.93. The van der Waals surface area contributed by atoms with Gasteiger partial charge in [0.15, 0.2) is 5.78 Å². The number of fused-ring (bicyclic) bond motifs is 3. The van der Waals surface area contributed by atoms with Crippen molar-refractivity contribution >= 4 is 5.78 Å². The topological polar surface area (TPSA) is 98.0 Å². The predicted molar refractivity (Wildman–Crippen MR) is 91.4 cm³/mol. The van der Waals surface area contributed by atoms with Crippen LogP contribution in [0.2, 0.25) is 0 Å². The molecule has 0 aromatic carbocycles. The fourth-order valence-electron chi connectivity index (χ4n) is 6.43. The number of carbonyl (C=O) groups is 1. The molecule has 2 saturated carbocycles. The van der Waals surface area contributed by atoms with Crippen molar-refractivity contribution in [3.63, 3.8) is 0 Å². The van der Waals surface area contributed by atoms with Crippen molar-refractivity contribution in [3.05, 3.63) is 23.3 Å². The largest absolute Gasteiger partial charge is 0.392 e. The monoisotopic (exact) mass is 348 g/mol. The summed E-state index contributed by atoms with van der Waals surface area (Å²) >= 11 is 0. The second-order valence-corrected chi connectivity index (χ2v) is 9.27. The maximum absolute atomic E-state index is 13.7. The van der Waals surface area contributed by atoms with E-state index in [4.69, 9.17) is 0 Å². The maximum Gasteiger partial charge on any atom is 0.153 e. The van der Waals surface area contributed by atoms with Gasteiger partial charge in [-0.1, -0.05) is 32.9 Å². The molecule has 1 spiro atoms. The van der Waals surface area contributed by atoms with Gasteiger partial charge >= 0.3 is 0 Å². The van der Waals surface area contributed by atoms with Crippen molar-refractivity contribution < 1.29 is 25.2 Å². The Hall–Kier alpha value is -1.01. The lowest BCUT2D eigenvalue weighted by molar-refractivity contribution is -0.190. The third-order valence-electron chi connectivity index (χ3n) is 7.93. The normalized spacial score (nSPS) is 53.2. The first kappa shape index (κ1) is 17.4. The van der Waals surface area contributed by atoms with Crippen molar-refractivity contribution in [1.82, 2.24) is 0 Å². The minimum atomic E-state index is -2.03. The minimum absolute atomic E-state index is 0.0245. The summed E-state index contributed by atoms with van der Waals surface area (Å²) in [7, 11) is 0. The molecule has 4 aliphatic rings. The van der Waals surface area contributed by atoms with E-state index in [1.54, 1.807) is 19.1 Å². The predicted octanol–water partition coefficient (Wildman–Crippen LogP) is 0.815. The first-order valence-electron chi connectivity index (χ1n) is 9.18. The highest BCUT2D eigenvalue weighted by atomic mass is 16.4. The van der Waals surface area contributed by atoms with Crippen molar-refractivity contribution in [3.8, 4) is 0 Å². The van der Waals surface area contributed by atoms with Gasteiger partial charge in [0, 0.05) is 5.92 Å². The number of carbonyl (C=O) groups excluding carboxylic acids is 1. The van der Waals surface area contributed by atoms with Gasteiger partial charge in [-0.25, -0.2) is 0 Å².